The molecule has 0 spiro atoms. The van der Waals surface area contributed by atoms with Crippen LogP contribution in [0.4, 0.5) is 0 Å². The van der Waals surface area contributed by atoms with Gasteiger partial charge in [-0.05, 0) is 59.4 Å². The fourth-order valence-corrected chi connectivity index (χ4v) is 4.21. The first-order valence-electron chi connectivity index (χ1n) is 8.95. The summed E-state index contributed by atoms with van der Waals surface area (Å²) in [7, 11) is 0. The first-order valence-corrected chi connectivity index (χ1v) is 9.33. The maximum Gasteiger partial charge on any atom is 0.226 e. The van der Waals surface area contributed by atoms with Gasteiger partial charge in [0.2, 0.25) is 5.91 Å². The van der Waals surface area contributed by atoms with Crippen LogP contribution in [-0.4, -0.2) is 10.9 Å². The Morgan fingerprint density at radius 1 is 1.30 bits per heavy atom. The van der Waals surface area contributed by atoms with Crippen molar-refractivity contribution in [2.24, 2.45) is 5.41 Å². The lowest BCUT2D eigenvalue weighted by molar-refractivity contribution is -0.122. The molecule has 1 atom stereocenters. The Bertz CT molecular complexity index is 1090. The molecule has 0 saturated carbocycles. The number of hydrogen-bond donors (Lipinski definition) is 2. The molecule has 136 valence electrons. The normalized spacial score (nSPS) is 17.5. The molecule has 1 aliphatic carbocycles. The quantitative estimate of drug-likeness (QED) is 0.696. The molecule has 1 heterocycles. The molecule has 0 aliphatic heterocycles. The van der Waals surface area contributed by atoms with E-state index in [2.05, 4.69) is 30.2 Å². The van der Waals surface area contributed by atoms with Crippen molar-refractivity contribution in [3.63, 3.8) is 0 Å². The fourth-order valence-electron chi connectivity index (χ4n) is 4.03. The number of nitrogens with zero attached hydrogens (tertiary/aromatic N) is 1. The van der Waals surface area contributed by atoms with Gasteiger partial charge in [-0.3, -0.25) is 4.79 Å². The number of nitrogens with one attached hydrogen (secondary N) is 2. The van der Waals surface area contributed by atoms with E-state index < -0.39 is 0 Å². The van der Waals surface area contributed by atoms with Crippen LogP contribution in [0.3, 0.4) is 0 Å². The highest BCUT2D eigenvalue weighted by Gasteiger charge is 2.39. The third kappa shape index (κ3) is 3.31. The highest BCUT2D eigenvalue weighted by molar-refractivity contribution is 6.31. The number of amides is 1. The molecule has 2 aromatic carbocycles. The Labute approximate surface area is 163 Å². The molecule has 0 fully saturated rings. The van der Waals surface area contributed by atoms with Crippen LogP contribution in [0.1, 0.15) is 42.3 Å². The molecule has 5 heteroatoms. The summed E-state index contributed by atoms with van der Waals surface area (Å²) in [5.41, 5.74) is 4.60. The molecule has 4 rings (SSSR count). The van der Waals surface area contributed by atoms with Gasteiger partial charge in [0, 0.05) is 21.6 Å². The molecule has 4 nitrogen and oxygen atoms in total. The molecule has 0 saturated heterocycles. The topological polar surface area (TPSA) is 68.7 Å². The predicted octanol–water partition coefficient (Wildman–Crippen LogP) is 4.68. The van der Waals surface area contributed by atoms with Gasteiger partial charge >= 0.3 is 0 Å². The van der Waals surface area contributed by atoms with Crippen molar-refractivity contribution in [3.8, 4) is 6.07 Å². The summed E-state index contributed by atoms with van der Waals surface area (Å²) in [5.74, 6) is -0.0408. The van der Waals surface area contributed by atoms with Crippen molar-refractivity contribution in [3.05, 3.63) is 69.9 Å². The minimum absolute atomic E-state index is 0.0408. The average Bonchev–Trinajstić information content (AvgIpc) is 3.11. The SMILES string of the molecule is CC1(C)Cc2ccc(C#N)cc2[C@@H]1NC(=O)Cc1cc2cc(Cl)ccc2[nH]1. The summed E-state index contributed by atoms with van der Waals surface area (Å²) in [6.45, 7) is 4.30. The second kappa shape index (κ2) is 6.44. The van der Waals surface area contributed by atoms with E-state index in [4.69, 9.17) is 11.6 Å². The molecule has 0 bridgehead atoms. The number of nitriles is 1. The smallest absolute Gasteiger partial charge is 0.226 e. The van der Waals surface area contributed by atoms with Crippen LogP contribution in [0, 0.1) is 16.7 Å². The summed E-state index contributed by atoms with van der Waals surface area (Å²) in [6, 6.07) is 15.4. The van der Waals surface area contributed by atoms with E-state index in [-0.39, 0.29) is 23.8 Å². The standard InChI is InChI=1S/C22H20ClN3O/c1-22(2)11-14-4-3-13(12-24)7-18(14)21(22)26-20(27)10-17-9-15-8-16(23)5-6-19(15)25-17/h3-9,21,25H,10-11H2,1-2H3,(H,26,27)/t21-/m0/s1. The van der Waals surface area contributed by atoms with Gasteiger partial charge in [-0.2, -0.15) is 5.26 Å². The van der Waals surface area contributed by atoms with Crippen molar-refractivity contribution in [2.45, 2.75) is 32.7 Å². The first kappa shape index (κ1) is 17.6. The zero-order chi connectivity index (χ0) is 19.2. The van der Waals surface area contributed by atoms with Crippen LogP contribution in [0.15, 0.2) is 42.5 Å². The summed E-state index contributed by atoms with van der Waals surface area (Å²) in [5, 5.41) is 14.1. The lowest BCUT2D eigenvalue weighted by atomic mass is 9.85. The average molecular weight is 378 g/mol. The number of aromatic nitrogens is 1. The zero-order valence-corrected chi connectivity index (χ0v) is 16.0. The van der Waals surface area contributed by atoms with Crippen molar-refractivity contribution in [2.75, 3.05) is 0 Å². The zero-order valence-electron chi connectivity index (χ0n) is 15.3. The molecule has 3 aromatic rings. The van der Waals surface area contributed by atoms with Gasteiger partial charge in [0.05, 0.1) is 24.1 Å². The van der Waals surface area contributed by atoms with Gasteiger partial charge in [-0.15, -0.1) is 0 Å². The van der Waals surface area contributed by atoms with Crippen molar-refractivity contribution in [1.82, 2.24) is 10.3 Å². The van der Waals surface area contributed by atoms with Crippen LogP contribution < -0.4 is 5.32 Å². The Balaban J connectivity index is 1.56. The lowest BCUT2D eigenvalue weighted by Crippen LogP contribution is -2.36. The van der Waals surface area contributed by atoms with Gasteiger partial charge in [-0.25, -0.2) is 0 Å². The molecule has 1 amide bonds. The largest absolute Gasteiger partial charge is 0.358 e. The second-order valence-corrected chi connectivity index (χ2v) is 8.33. The van der Waals surface area contributed by atoms with E-state index in [9.17, 15) is 10.1 Å². The number of benzene rings is 2. The minimum atomic E-state index is -0.105. The monoisotopic (exact) mass is 377 g/mol. The predicted molar refractivity (Wildman–Crippen MR) is 107 cm³/mol. The van der Waals surface area contributed by atoms with Gasteiger partial charge in [0.15, 0.2) is 0 Å². The lowest BCUT2D eigenvalue weighted by Gasteiger charge is -2.28. The van der Waals surface area contributed by atoms with Gasteiger partial charge < -0.3 is 10.3 Å². The molecule has 1 aromatic heterocycles. The van der Waals surface area contributed by atoms with Crippen molar-refractivity contribution in [1.29, 1.82) is 5.26 Å². The number of carbonyl (C=O) groups is 1. The molecule has 27 heavy (non-hydrogen) atoms. The molecule has 0 radical (unpaired) electrons. The highest BCUT2D eigenvalue weighted by Crippen LogP contribution is 2.45. The summed E-state index contributed by atoms with van der Waals surface area (Å²) in [6.07, 6.45) is 1.15. The van der Waals surface area contributed by atoms with Crippen LogP contribution in [-0.2, 0) is 17.6 Å². The Hall–Kier alpha value is -2.77. The van der Waals surface area contributed by atoms with Gasteiger partial charge in [-0.1, -0.05) is 31.5 Å². The van der Waals surface area contributed by atoms with Crippen molar-refractivity contribution < 1.29 is 4.79 Å². The number of rotatable bonds is 3. The Morgan fingerprint density at radius 3 is 2.89 bits per heavy atom. The second-order valence-electron chi connectivity index (χ2n) is 7.89. The number of halogens is 1. The van der Waals surface area contributed by atoms with Crippen LogP contribution in [0.2, 0.25) is 5.02 Å². The minimum Gasteiger partial charge on any atom is -0.358 e. The van der Waals surface area contributed by atoms with E-state index in [1.54, 1.807) is 0 Å². The van der Waals surface area contributed by atoms with Crippen molar-refractivity contribution >= 4 is 28.4 Å². The Kier molecular flexibility index (Phi) is 4.20. The Morgan fingerprint density at radius 2 is 2.11 bits per heavy atom. The molecule has 1 aliphatic rings. The van der Waals surface area contributed by atoms with Crippen LogP contribution >= 0.6 is 11.6 Å². The molecular weight excluding hydrogens is 358 g/mol. The molecule has 0 unspecified atom stereocenters. The van der Waals surface area contributed by atoms with E-state index in [0.29, 0.717) is 10.6 Å². The molecular formula is C22H20ClN3O. The third-order valence-electron chi connectivity index (χ3n) is 5.31. The molecule has 2 N–H and O–H groups in total. The van der Waals surface area contributed by atoms with Gasteiger partial charge in [0.1, 0.15) is 0 Å². The highest BCUT2D eigenvalue weighted by atomic mass is 35.5. The number of fused-ring (bicyclic) bond motifs is 2. The van der Waals surface area contributed by atoms with Crippen LogP contribution in [0.25, 0.3) is 10.9 Å². The maximum atomic E-state index is 12.7. The number of H-pyrrole nitrogens is 1. The summed E-state index contributed by atoms with van der Waals surface area (Å²) >= 11 is 6.03. The van der Waals surface area contributed by atoms with E-state index in [0.717, 1.165) is 28.6 Å². The number of carbonyl (C=O) groups excluding carboxylic acids is 1. The van der Waals surface area contributed by atoms with E-state index in [1.165, 1.54) is 5.56 Å². The number of hydrogen-bond acceptors (Lipinski definition) is 2. The van der Waals surface area contributed by atoms with E-state index in [1.807, 2.05) is 42.5 Å². The maximum absolute atomic E-state index is 12.7. The fraction of sp³-hybridized carbons (Fsp3) is 0.273. The third-order valence-corrected chi connectivity index (χ3v) is 5.54. The number of aromatic amines is 1. The summed E-state index contributed by atoms with van der Waals surface area (Å²) in [4.78, 5) is 16.0. The first-order chi connectivity index (χ1) is 12.9. The summed E-state index contributed by atoms with van der Waals surface area (Å²) < 4.78 is 0. The van der Waals surface area contributed by atoms with Gasteiger partial charge in [0.25, 0.3) is 0 Å². The van der Waals surface area contributed by atoms with Crippen LogP contribution in [0.5, 0.6) is 0 Å². The van der Waals surface area contributed by atoms with E-state index >= 15 is 0 Å².